The summed E-state index contributed by atoms with van der Waals surface area (Å²) in [7, 11) is 0. The van der Waals surface area contributed by atoms with Crippen LogP contribution in [0.25, 0.3) is 0 Å². The molecule has 0 bridgehead atoms. The van der Waals surface area contributed by atoms with Crippen molar-refractivity contribution in [3.63, 3.8) is 0 Å². The smallest absolute Gasteiger partial charge is 0.261 e. The third-order valence-electron chi connectivity index (χ3n) is 4.18. The highest BCUT2D eigenvalue weighted by Gasteiger charge is 2.27. The number of amides is 2. The SMILES string of the molecule is CC(C)NC(=O)C(C)N(Cc1ccc(Cl)c(Cl)c1)C(=O)COc1ccc(Cl)cc1Cl. The van der Waals surface area contributed by atoms with Crippen molar-refractivity contribution in [2.24, 2.45) is 0 Å². The Hall–Kier alpha value is -1.66. The average Bonchev–Trinajstić information content (AvgIpc) is 2.66. The van der Waals surface area contributed by atoms with E-state index in [1.807, 2.05) is 13.8 Å². The van der Waals surface area contributed by atoms with Gasteiger partial charge in [-0.2, -0.15) is 0 Å². The van der Waals surface area contributed by atoms with Crippen LogP contribution < -0.4 is 10.1 Å². The van der Waals surface area contributed by atoms with Crippen LogP contribution in [0, 0.1) is 0 Å². The van der Waals surface area contributed by atoms with E-state index >= 15 is 0 Å². The lowest BCUT2D eigenvalue weighted by molar-refractivity contribution is -0.142. The standard InChI is InChI=1S/C21H22Cl4N2O3/c1-12(2)26-21(29)13(3)27(10-14-4-6-16(23)17(24)8-14)20(28)11-30-19-7-5-15(22)9-18(19)25/h4-9,12-13H,10-11H2,1-3H3,(H,26,29). The maximum Gasteiger partial charge on any atom is 0.261 e. The molecule has 1 N–H and O–H groups in total. The highest BCUT2D eigenvalue weighted by atomic mass is 35.5. The number of hydrogen-bond acceptors (Lipinski definition) is 3. The number of nitrogens with one attached hydrogen (secondary N) is 1. The number of carbonyl (C=O) groups excluding carboxylic acids is 2. The molecule has 0 aliphatic heterocycles. The van der Waals surface area contributed by atoms with Crippen LogP contribution in [-0.2, 0) is 16.1 Å². The molecule has 0 aromatic heterocycles. The maximum absolute atomic E-state index is 13.0. The molecule has 2 rings (SSSR count). The van der Waals surface area contributed by atoms with Gasteiger partial charge in [0.15, 0.2) is 6.61 Å². The minimum Gasteiger partial charge on any atom is -0.482 e. The zero-order valence-corrected chi connectivity index (χ0v) is 19.7. The molecule has 0 saturated carbocycles. The lowest BCUT2D eigenvalue weighted by atomic mass is 10.1. The van der Waals surface area contributed by atoms with E-state index in [1.54, 1.807) is 37.3 Å². The van der Waals surface area contributed by atoms with Crippen molar-refractivity contribution in [3.8, 4) is 5.75 Å². The number of ether oxygens (including phenoxy) is 1. The zero-order chi connectivity index (χ0) is 22.4. The van der Waals surface area contributed by atoms with Gasteiger partial charge in [-0.3, -0.25) is 9.59 Å². The topological polar surface area (TPSA) is 58.6 Å². The molecule has 1 unspecified atom stereocenters. The van der Waals surface area contributed by atoms with Crippen molar-refractivity contribution in [2.45, 2.75) is 39.4 Å². The van der Waals surface area contributed by atoms with Gasteiger partial charge in [-0.15, -0.1) is 0 Å². The summed E-state index contributed by atoms with van der Waals surface area (Å²) in [5.74, 6) is -0.343. The lowest BCUT2D eigenvalue weighted by Gasteiger charge is -2.29. The van der Waals surface area contributed by atoms with Crippen LogP contribution in [0.3, 0.4) is 0 Å². The number of hydrogen-bond donors (Lipinski definition) is 1. The highest BCUT2D eigenvalue weighted by molar-refractivity contribution is 6.42. The first kappa shape index (κ1) is 24.6. The molecule has 0 radical (unpaired) electrons. The summed E-state index contributed by atoms with van der Waals surface area (Å²) in [6, 6.07) is 8.96. The van der Waals surface area contributed by atoms with Gasteiger partial charge in [-0.25, -0.2) is 0 Å². The van der Waals surface area contributed by atoms with E-state index in [-0.39, 0.29) is 30.1 Å². The zero-order valence-electron chi connectivity index (χ0n) is 16.7. The van der Waals surface area contributed by atoms with Crippen LogP contribution in [0.5, 0.6) is 5.75 Å². The average molecular weight is 492 g/mol. The van der Waals surface area contributed by atoms with Crippen LogP contribution in [-0.4, -0.2) is 35.4 Å². The normalized spacial score (nSPS) is 11.9. The second kappa shape index (κ2) is 11.1. The van der Waals surface area contributed by atoms with E-state index in [1.165, 1.54) is 11.0 Å². The Kier molecular flexibility index (Phi) is 9.10. The molecule has 2 aromatic carbocycles. The van der Waals surface area contributed by atoms with Crippen molar-refractivity contribution in [3.05, 3.63) is 62.1 Å². The van der Waals surface area contributed by atoms with Gasteiger partial charge in [0.2, 0.25) is 5.91 Å². The van der Waals surface area contributed by atoms with E-state index in [4.69, 9.17) is 51.1 Å². The number of rotatable bonds is 8. The Morgan fingerprint density at radius 2 is 1.67 bits per heavy atom. The summed E-state index contributed by atoms with van der Waals surface area (Å²) < 4.78 is 5.57. The first-order valence-electron chi connectivity index (χ1n) is 9.20. The van der Waals surface area contributed by atoms with E-state index in [2.05, 4.69) is 5.32 Å². The molecule has 2 aromatic rings. The molecule has 162 valence electrons. The lowest BCUT2D eigenvalue weighted by Crippen LogP contribution is -2.50. The fraction of sp³-hybridized carbons (Fsp3) is 0.333. The van der Waals surface area contributed by atoms with Crippen LogP contribution in [0.1, 0.15) is 26.3 Å². The van der Waals surface area contributed by atoms with Crippen LogP contribution in [0.15, 0.2) is 36.4 Å². The van der Waals surface area contributed by atoms with Gasteiger partial charge >= 0.3 is 0 Å². The van der Waals surface area contributed by atoms with E-state index < -0.39 is 11.9 Å². The third kappa shape index (κ3) is 6.95. The Morgan fingerprint density at radius 3 is 2.27 bits per heavy atom. The largest absolute Gasteiger partial charge is 0.482 e. The number of nitrogens with zero attached hydrogens (tertiary/aromatic N) is 1. The van der Waals surface area contributed by atoms with Crippen molar-refractivity contribution in [1.82, 2.24) is 10.2 Å². The number of carbonyl (C=O) groups is 2. The highest BCUT2D eigenvalue weighted by Crippen LogP contribution is 2.28. The minimum atomic E-state index is -0.737. The molecular weight excluding hydrogens is 470 g/mol. The predicted octanol–water partition coefficient (Wildman–Crippen LogP) is 5.62. The van der Waals surface area contributed by atoms with Crippen LogP contribution in [0.4, 0.5) is 0 Å². The van der Waals surface area contributed by atoms with Gasteiger partial charge < -0.3 is 15.0 Å². The molecule has 0 saturated heterocycles. The summed E-state index contributed by atoms with van der Waals surface area (Å²) >= 11 is 24.1. The predicted molar refractivity (Wildman–Crippen MR) is 122 cm³/mol. The molecule has 30 heavy (non-hydrogen) atoms. The fourth-order valence-corrected chi connectivity index (χ4v) is 3.42. The van der Waals surface area contributed by atoms with Crippen LogP contribution in [0.2, 0.25) is 20.1 Å². The molecule has 0 fully saturated rings. The molecule has 0 aliphatic rings. The summed E-state index contributed by atoms with van der Waals surface area (Å²) in [4.78, 5) is 26.9. The molecule has 0 spiro atoms. The van der Waals surface area contributed by atoms with E-state index in [0.29, 0.717) is 20.8 Å². The summed E-state index contributed by atoms with van der Waals surface area (Å²) in [5.41, 5.74) is 0.728. The molecule has 9 heteroatoms. The third-order valence-corrected chi connectivity index (χ3v) is 5.45. The van der Waals surface area contributed by atoms with Crippen molar-refractivity contribution in [1.29, 1.82) is 0 Å². The van der Waals surface area contributed by atoms with Gasteiger partial charge in [0.05, 0.1) is 15.1 Å². The molecule has 0 heterocycles. The molecule has 0 aliphatic carbocycles. The molecule has 2 amide bonds. The minimum absolute atomic E-state index is 0.0639. The molecule has 1 atom stereocenters. The van der Waals surface area contributed by atoms with Crippen molar-refractivity contribution in [2.75, 3.05) is 6.61 Å². The quantitative estimate of drug-likeness (QED) is 0.521. The Balaban J connectivity index is 2.20. The fourth-order valence-electron chi connectivity index (χ4n) is 2.64. The van der Waals surface area contributed by atoms with Gasteiger partial charge in [0.25, 0.3) is 5.91 Å². The van der Waals surface area contributed by atoms with Crippen molar-refractivity contribution < 1.29 is 14.3 Å². The Labute approximate surface area is 196 Å². The van der Waals surface area contributed by atoms with Gasteiger partial charge in [-0.1, -0.05) is 52.5 Å². The molecular formula is C21H22Cl4N2O3. The van der Waals surface area contributed by atoms with Crippen LogP contribution >= 0.6 is 46.4 Å². The summed E-state index contributed by atoms with van der Waals surface area (Å²) in [6.45, 7) is 5.20. The molecule has 5 nitrogen and oxygen atoms in total. The van der Waals surface area contributed by atoms with Crippen molar-refractivity contribution >= 4 is 58.2 Å². The van der Waals surface area contributed by atoms with Gasteiger partial charge in [0.1, 0.15) is 11.8 Å². The van der Waals surface area contributed by atoms with Gasteiger partial charge in [0, 0.05) is 17.6 Å². The number of halogens is 4. The van der Waals surface area contributed by atoms with E-state index in [0.717, 1.165) is 5.56 Å². The summed E-state index contributed by atoms with van der Waals surface area (Å²) in [6.07, 6.45) is 0. The second-order valence-electron chi connectivity index (χ2n) is 6.97. The maximum atomic E-state index is 13.0. The Morgan fingerprint density at radius 1 is 0.967 bits per heavy atom. The Bertz CT molecular complexity index is 921. The number of benzene rings is 2. The monoisotopic (exact) mass is 490 g/mol. The first-order valence-corrected chi connectivity index (χ1v) is 10.7. The second-order valence-corrected chi connectivity index (χ2v) is 8.63. The van der Waals surface area contributed by atoms with E-state index in [9.17, 15) is 9.59 Å². The van der Waals surface area contributed by atoms with Gasteiger partial charge in [-0.05, 0) is 56.7 Å². The summed E-state index contributed by atoms with van der Waals surface area (Å²) in [5, 5.41) is 4.34. The first-order chi connectivity index (χ1) is 14.1.